The molecule has 1 aromatic heterocycles. The van der Waals surface area contributed by atoms with E-state index in [2.05, 4.69) is 33.7 Å². The monoisotopic (exact) mass is 225 g/mol. The number of hydrogen-bond acceptors (Lipinski definition) is 3. The van der Waals surface area contributed by atoms with Gasteiger partial charge in [-0.1, -0.05) is 30.3 Å². The minimum atomic E-state index is 0.978. The summed E-state index contributed by atoms with van der Waals surface area (Å²) >= 11 is 0. The minimum absolute atomic E-state index is 0.978. The zero-order chi connectivity index (χ0) is 11.5. The second-order valence-corrected chi connectivity index (χ2v) is 4.32. The largest absolute Gasteiger partial charge is 0.316 e. The van der Waals surface area contributed by atoms with Crippen molar-refractivity contribution in [3.8, 4) is 11.3 Å². The summed E-state index contributed by atoms with van der Waals surface area (Å²) in [5, 5.41) is 12.1. The Labute approximate surface area is 101 Å². The maximum absolute atomic E-state index is 4.37. The Morgan fingerprint density at radius 1 is 0.941 bits per heavy atom. The van der Waals surface area contributed by atoms with Crippen LogP contribution < -0.4 is 5.32 Å². The summed E-state index contributed by atoms with van der Waals surface area (Å²) in [6, 6.07) is 12.4. The van der Waals surface area contributed by atoms with E-state index in [1.807, 2.05) is 18.2 Å². The molecule has 0 aliphatic carbocycles. The third kappa shape index (κ3) is 2.19. The summed E-state index contributed by atoms with van der Waals surface area (Å²) in [7, 11) is 0. The fourth-order valence-corrected chi connectivity index (χ4v) is 2.19. The van der Waals surface area contributed by atoms with Gasteiger partial charge in [0.15, 0.2) is 0 Å². The summed E-state index contributed by atoms with van der Waals surface area (Å²) in [6.07, 6.45) is 2.03. The van der Waals surface area contributed by atoms with Crippen molar-refractivity contribution in [2.45, 2.75) is 12.8 Å². The number of nitrogens with one attached hydrogen (secondary N) is 1. The van der Waals surface area contributed by atoms with Crippen molar-refractivity contribution >= 4 is 0 Å². The smallest absolute Gasteiger partial charge is 0.0932 e. The molecular formula is C14H15N3. The molecule has 3 heteroatoms. The molecule has 0 fully saturated rings. The molecule has 2 aromatic rings. The Balaban J connectivity index is 2.00. The van der Waals surface area contributed by atoms with Crippen molar-refractivity contribution < 1.29 is 0 Å². The predicted molar refractivity (Wildman–Crippen MR) is 67.7 cm³/mol. The molecule has 0 saturated carbocycles. The van der Waals surface area contributed by atoms with Crippen molar-refractivity contribution in [3.63, 3.8) is 0 Å². The molecule has 0 spiro atoms. The average molecular weight is 225 g/mol. The first-order valence-corrected chi connectivity index (χ1v) is 6.05. The molecule has 86 valence electrons. The molecule has 1 aliphatic rings. The van der Waals surface area contributed by atoms with Crippen molar-refractivity contribution in [2.75, 3.05) is 13.1 Å². The lowest BCUT2D eigenvalue weighted by Crippen LogP contribution is -2.16. The Morgan fingerprint density at radius 2 is 1.76 bits per heavy atom. The third-order valence-corrected chi connectivity index (χ3v) is 3.14. The van der Waals surface area contributed by atoms with Gasteiger partial charge in [0.2, 0.25) is 0 Å². The summed E-state index contributed by atoms with van der Waals surface area (Å²) in [5.74, 6) is 0. The first kappa shape index (κ1) is 10.4. The normalized spacial score (nSPS) is 15.1. The summed E-state index contributed by atoms with van der Waals surface area (Å²) in [5.41, 5.74) is 4.60. The molecule has 1 aromatic carbocycles. The van der Waals surface area contributed by atoms with Gasteiger partial charge in [-0.2, -0.15) is 10.2 Å². The van der Waals surface area contributed by atoms with Gasteiger partial charge < -0.3 is 5.32 Å². The molecule has 3 rings (SSSR count). The number of hydrogen-bond donors (Lipinski definition) is 1. The molecule has 0 unspecified atom stereocenters. The van der Waals surface area contributed by atoms with E-state index < -0.39 is 0 Å². The van der Waals surface area contributed by atoms with E-state index >= 15 is 0 Å². The van der Waals surface area contributed by atoms with E-state index in [1.54, 1.807) is 0 Å². The van der Waals surface area contributed by atoms with Gasteiger partial charge in [0.25, 0.3) is 0 Å². The topological polar surface area (TPSA) is 37.8 Å². The van der Waals surface area contributed by atoms with E-state index in [9.17, 15) is 0 Å². The maximum atomic E-state index is 4.37. The van der Waals surface area contributed by atoms with Gasteiger partial charge in [-0.25, -0.2) is 0 Å². The highest BCUT2D eigenvalue weighted by atomic mass is 15.1. The van der Waals surface area contributed by atoms with Crippen LogP contribution in [0.5, 0.6) is 0 Å². The number of nitrogens with zero attached hydrogens (tertiary/aromatic N) is 2. The molecular weight excluding hydrogens is 210 g/mol. The van der Waals surface area contributed by atoms with E-state index in [4.69, 9.17) is 0 Å². The number of rotatable bonds is 1. The van der Waals surface area contributed by atoms with E-state index in [0.29, 0.717) is 0 Å². The molecule has 3 nitrogen and oxygen atoms in total. The molecule has 17 heavy (non-hydrogen) atoms. The summed E-state index contributed by atoms with van der Waals surface area (Å²) in [4.78, 5) is 0. The highest BCUT2D eigenvalue weighted by molar-refractivity contribution is 5.59. The van der Waals surface area contributed by atoms with Crippen LogP contribution in [0.4, 0.5) is 0 Å². The first-order chi connectivity index (χ1) is 8.43. The molecule has 1 N–H and O–H groups in total. The Hall–Kier alpha value is -1.74. The second-order valence-electron chi connectivity index (χ2n) is 4.32. The summed E-state index contributed by atoms with van der Waals surface area (Å²) < 4.78 is 0. The van der Waals surface area contributed by atoms with Crippen LogP contribution in [0.1, 0.15) is 11.3 Å². The molecule has 0 amide bonds. The third-order valence-electron chi connectivity index (χ3n) is 3.14. The van der Waals surface area contributed by atoms with Gasteiger partial charge in [-0.15, -0.1) is 0 Å². The molecule has 1 aliphatic heterocycles. The Morgan fingerprint density at radius 3 is 2.65 bits per heavy atom. The van der Waals surface area contributed by atoms with Gasteiger partial charge in [-0.05, 0) is 24.6 Å². The van der Waals surface area contributed by atoms with Crippen LogP contribution in [0.3, 0.4) is 0 Å². The van der Waals surface area contributed by atoms with Gasteiger partial charge in [0.1, 0.15) is 0 Å². The maximum Gasteiger partial charge on any atom is 0.0932 e. The first-order valence-electron chi connectivity index (χ1n) is 6.05. The second kappa shape index (κ2) is 4.63. The molecule has 2 heterocycles. The SMILES string of the molecule is c1ccc(-c2cc3c(nn2)CCNCC3)cc1. The highest BCUT2D eigenvalue weighted by Gasteiger charge is 2.11. The Kier molecular flexibility index (Phi) is 2.84. The minimum Gasteiger partial charge on any atom is -0.316 e. The molecule has 0 radical (unpaired) electrons. The van der Waals surface area contributed by atoms with Crippen LogP contribution in [-0.4, -0.2) is 23.3 Å². The lowest BCUT2D eigenvalue weighted by atomic mass is 10.1. The quantitative estimate of drug-likeness (QED) is 0.804. The number of aromatic nitrogens is 2. The van der Waals surface area contributed by atoms with Crippen LogP contribution in [0, 0.1) is 0 Å². The fraction of sp³-hybridized carbons (Fsp3) is 0.286. The molecule has 0 bridgehead atoms. The van der Waals surface area contributed by atoms with Crippen molar-refractivity contribution in [2.24, 2.45) is 0 Å². The van der Waals surface area contributed by atoms with Crippen molar-refractivity contribution in [3.05, 3.63) is 47.7 Å². The number of fused-ring (bicyclic) bond motifs is 1. The lowest BCUT2D eigenvalue weighted by Gasteiger charge is -2.06. The molecule has 0 saturated heterocycles. The summed E-state index contributed by atoms with van der Waals surface area (Å²) in [6.45, 7) is 2.04. The van der Waals surface area contributed by atoms with E-state index in [-0.39, 0.29) is 0 Å². The zero-order valence-corrected chi connectivity index (χ0v) is 9.69. The van der Waals surface area contributed by atoms with E-state index in [1.165, 1.54) is 5.56 Å². The van der Waals surface area contributed by atoms with Gasteiger partial charge in [0.05, 0.1) is 11.4 Å². The van der Waals surface area contributed by atoms with Crippen molar-refractivity contribution in [1.29, 1.82) is 0 Å². The van der Waals surface area contributed by atoms with Crippen molar-refractivity contribution in [1.82, 2.24) is 15.5 Å². The fourth-order valence-electron chi connectivity index (χ4n) is 2.19. The van der Waals surface area contributed by atoms with Crippen LogP contribution in [0.15, 0.2) is 36.4 Å². The van der Waals surface area contributed by atoms with Gasteiger partial charge >= 0.3 is 0 Å². The van der Waals surface area contributed by atoms with E-state index in [0.717, 1.165) is 42.9 Å². The van der Waals surface area contributed by atoms with Crippen LogP contribution >= 0.6 is 0 Å². The van der Waals surface area contributed by atoms with Gasteiger partial charge in [-0.3, -0.25) is 0 Å². The van der Waals surface area contributed by atoms with Gasteiger partial charge in [0, 0.05) is 18.5 Å². The Bertz CT molecular complexity index is 508. The highest BCUT2D eigenvalue weighted by Crippen LogP contribution is 2.19. The standard InChI is InChI=1S/C14H15N3/c1-2-4-11(5-3-1)14-10-12-6-8-15-9-7-13(12)16-17-14/h1-5,10,15H,6-9H2. The van der Waals surface area contributed by atoms with Crippen LogP contribution in [0.25, 0.3) is 11.3 Å². The number of benzene rings is 1. The lowest BCUT2D eigenvalue weighted by molar-refractivity contribution is 0.706. The predicted octanol–water partition coefficient (Wildman–Crippen LogP) is 1.83. The van der Waals surface area contributed by atoms with Crippen LogP contribution in [-0.2, 0) is 12.8 Å². The van der Waals surface area contributed by atoms with Crippen LogP contribution in [0.2, 0.25) is 0 Å². The molecule has 0 atom stereocenters. The average Bonchev–Trinajstić information content (AvgIpc) is 2.64. The zero-order valence-electron chi connectivity index (χ0n) is 9.69.